The Hall–Kier alpha value is -1.79. The van der Waals surface area contributed by atoms with Crippen molar-refractivity contribution < 1.29 is 14.2 Å². The Morgan fingerprint density at radius 1 is 0.829 bits per heavy atom. The summed E-state index contributed by atoms with van der Waals surface area (Å²) in [6, 6.07) is 24.2. The van der Waals surface area contributed by atoms with Gasteiger partial charge in [-0.3, -0.25) is 0 Å². The molecule has 0 spiro atoms. The molecule has 1 heterocycles. The minimum atomic E-state index is 0. The van der Waals surface area contributed by atoms with Crippen LogP contribution < -0.4 is 10.1 Å². The van der Waals surface area contributed by atoms with Gasteiger partial charge in [-0.2, -0.15) is 0 Å². The van der Waals surface area contributed by atoms with E-state index in [0.717, 1.165) is 37.2 Å². The minimum Gasteiger partial charge on any atom is -0.494 e. The van der Waals surface area contributed by atoms with Crippen LogP contribution >= 0.6 is 35.6 Å². The molecule has 4 rings (SSSR count). The third-order valence-electron chi connectivity index (χ3n) is 5.93. The Bertz CT molecular complexity index is 997. The van der Waals surface area contributed by atoms with Gasteiger partial charge < -0.3 is 19.5 Å². The predicted molar refractivity (Wildman–Crippen MR) is 145 cm³/mol. The maximum atomic E-state index is 6.29. The van der Waals surface area contributed by atoms with Gasteiger partial charge in [-0.1, -0.05) is 65.7 Å². The normalized spacial score (nSPS) is 17.5. The second kappa shape index (κ2) is 14.7. The quantitative estimate of drug-likeness (QED) is 0.266. The first kappa shape index (κ1) is 27.8. The second-order valence-electron chi connectivity index (χ2n) is 8.54. The summed E-state index contributed by atoms with van der Waals surface area (Å²) in [5.74, 6) is 1.21. The van der Waals surface area contributed by atoms with Crippen molar-refractivity contribution >= 4 is 35.6 Å². The Balaban J connectivity index is 0.00000342. The summed E-state index contributed by atoms with van der Waals surface area (Å²) in [5, 5.41) is 4.70. The molecule has 1 aliphatic rings. The molecule has 3 aromatic rings. The average molecular weight is 537 g/mol. The zero-order valence-corrected chi connectivity index (χ0v) is 22.0. The van der Waals surface area contributed by atoms with Crippen molar-refractivity contribution in [2.45, 2.75) is 38.1 Å². The van der Waals surface area contributed by atoms with Crippen molar-refractivity contribution in [2.24, 2.45) is 0 Å². The fourth-order valence-electron chi connectivity index (χ4n) is 4.21. The molecule has 0 aromatic heterocycles. The number of halogens is 3. The van der Waals surface area contributed by atoms with Crippen molar-refractivity contribution in [1.82, 2.24) is 5.32 Å². The lowest BCUT2D eigenvalue weighted by atomic mass is 9.87. The van der Waals surface area contributed by atoms with Crippen molar-refractivity contribution in [3.8, 4) is 5.75 Å². The van der Waals surface area contributed by atoms with Crippen molar-refractivity contribution in [1.29, 1.82) is 0 Å². The van der Waals surface area contributed by atoms with E-state index >= 15 is 0 Å². The van der Waals surface area contributed by atoms with Crippen LogP contribution in [0.1, 0.15) is 35.4 Å². The Kier molecular flexibility index (Phi) is 11.7. The molecule has 0 saturated carbocycles. The molecular weight excluding hydrogens is 505 g/mol. The maximum absolute atomic E-state index is 6.29. The van der Waals surface area contributed by atoms with Crippen LogP contribution in [0.15, 0.2) is 72.8 Å². The van der Waals surface area contributed by atoms with E-state index in [1.54, 1.807) is 6.07 Å². The molecular formula is C28H32Cl3NO3. The number of rotatable bonds is 11. The first-order valence-corrected chi connectivity index (χ1v) is 12.5. The van der Waals surface area contributed by atoms with Crippen molar-refractivity contribution in [2.75, 3.05) is 26.3 Å². The van der Waals surface area contributed by atoms with E-state index in [-0.39, 0.29) is 18.5 Å². The summed E-state index contributed by atoms with van der Waals surface area (Å²) in [5.41, 5.74) is 3.45. The van der Waals surface area contributed by atoms with Gasteiger partial charge in [-0.05, 0) is 60.0 Å². The molecule has 1 N–H and O–H groups in total. The molecule has 4 nitrogen and oxygen atoms in total. The molecule has 1 fully saturated rings. The number of ether oxygens (including phenoxy) is 3. The van der Waals surface area contributed by atoms with Gasteiger partial charge in [0.25, 0.3) is 0 Å². The standard InChI is InChI=1S/C28H31Cl2NO3.ClH/c29-24-15-22(16-25(30)17-24)20-34-28-18-31-12-11-27(28)23-7-9-26(10-8-23)33-14-4-13-32-19-21-5-2-1-3-6-21;/h1-3,5-10,15-17,27-28,31H,4,11-14,18-20H2;1H. The maximum Gasteiger partial charge on any atom is 0.119 e. The lowest BCUT2D eigenvalue weighted by Gasteiger charge is -2.32. The van der Waals surface area contributed by atoms with Crippen LogP contribution in [0.2, 0.25) is 10.0 Å². The van der Waals surface area contributed by atoms with Gasteiger partial charge in [0.15, 0.2) is 0 Å². The van der Waals surface area contributed by atoms with E-state index in [1.165, 1.54) is 11.1 Å². The van der Waals surface area contributed by atoms with Crippen LogP contribution in [0.25, 0.3) is 0 Å². The topological polar surface area (TPSA) is 39.7 Å². The number of benzene rings is 3. The fraction of sp³-hybridized carbons (Fsp3) is 0.357. The SMILES string of the molecule is Cl.Clc1cc(Cl)cc(COC2CNCCC2c2ccc(OCCCOCc3ccccc3)cc2)c1. The highest BCUT2D eigenvalue weighted by molar-refractivity contribution is 6.34. The molecule has 0 aliphatic carbocycles. The average Bonchev–Trinajstić information content (AvgIpc) is 2.85. The van der Waals surface area contributed by atoms with E-state index < -0.39 is 0 Å². The fourth-order valence-corrected chi connectivity index (χ4v) is 4.78. The van der Waals surface area contributed by atoms with Gasteiger partial charge in [0.1, 0.15) is 5.75 Å². The summed E-state index contributed by atoms with van der Waals surface area (Å²) >= 11 is 12.3. The van der Waals surface area contributed by atoms with E-state index in [2.05, 4.69) is 41.7 Å². The predicted octanol–water partition coefficient (Wildman–Crippen LogP) is 7.06. The van der Waals surface area contributed by atoms with Gasteiger partial charge >= 0.3 is 0 Å². The molecule has 1 saturated heterocycles. The zero-order valence-electron chi connectivity index (χ0n) is 19.6. The van der Waals surface area contributed by atoms with E-state index in [1.807, 2.05) is 30.3 Å². The first-order chi connectivity index (χ1) is 16.7. The lowest BCUT2D eigenvalue weighted by Crippen LogP contribution is -2.40. The summed E-state index contributed by atoms with van der Waals surface area (Å²) < 4.78 is 17.9. The number of nitrogens with one attached hydrogen (secondary N) is 1. The van der Waals surface area contributed by atoms with Crippen LogP contribution in [0, 0.1) is 0 Å². The Morgan fingerprint density at radius 2 is 1.57 bits per heavy atom. The third-order valence-corrected chi connectivity index (χ3v) is 6.37. The number of piperidine rings is 1. The van der Waals surface area contributed by atoms with Crippen molar-refractivity contribution in [3.63, 3.8) is 0 Å². The highest BCUT2D eigenvalue weighted by Gasteiger charge is 2.27. The van der Waals surface area contributed by atoms with Gasteiger partial charge in [0.2, 0.25) is 0 Å². The monoisotopic (exact) mass is 535 g/mol. The summed E-state index contributed by atoms with van der Waals surface area (Å²) in [7, 11) is 0. The molecule has 7 heteroatoms. The van der Waals surface area contributed by atoms with Crippen LogP contribution in [0.3, 0.4) is 0 Å². The Labute approximate surface area is 224 Å². The van der Waals surface area contributed by atoms with Gasteiger partial charge in [-0.15, -0.1) is 12.4 Å². The van der Waals surface area contributed by atoms with Gasteiger partial charge in [-0.25, -0.2) is 0 Å². The molecule has 3 aromatic carbocycles. The smallest absolute Gasteiger partial charge is 0.119 e. The molecule has 2 unspecified atom stereocenters. The van der Waals surface area contributed by atoms with Crippen LogP contribution in [-0.2, 0) is 22.7 Å². The van der Waals surface area contributed by atoms with Crippen LogP contribution in [0.5, 0.6) is 5.75 Å². The minimum absolute atomic E-state index is 0. The van der Waals surface area contributed by atoms with Crippen LogP contribution in [0.4, 0.5) is 0 Å². The molecule has 0 bridgehead atoms. The molecule has 2 atom stereocenters. The van der Waals surface area contributed by atoms with E-state index in [4.69, 9.17) is 37.4 Å². The van der Waals surface area contributed by atoms with E-state index in [9.17, 15) is 0 Å². The summed E-state index contributed by atoms with van der Waals surface area (Å²) in [4.78, 5) is 0. The highest BCUT2D eigenvalue weighted by atomic mass is 35.5. The molecule has 0 amide bonds. The Morgan fingerprint density at radius 3 is 2.31 bits per heavy atom. The lowest BCUT2D eigenvalue weighted by molar-refractivity contribution is 0.0106. The van der Waals surface area contributed by atoms with Crippen molar-refractivity contribution in [3.05, 3.63) is 99.5 Å². The molecule has 35 heavy (non-hydrogen) atoms. The molecule has 188 valence electrons. The number of hydrogen-bond acceptors (Lipinski definition) is 4. The van der Waals surface area contributed by atoms with Gasteiger partial charge in [0.05, 0.1) is 32.5 Å². The number of hydrogen-bond donors (Lipinski definition) is 1. The van der Waals surface area contributed by atoms with Crippen LogP contribution in [-0.4, -0.2) is 32.4 Å². The summed E-state index contributed by atoms with van der Waals surface area (Å²) in [6.45, 7) is 4.24. The molecule has 0 radical (unpaired) electrons. The first-order valence-electron chi connectivity index (χ1n) is 11.8. The largest absolute Gasteiger partial charge is 0.494 e. The molecule has 1 aliphatic heterocycles. The highest BCUT2D eigenvalue weighted by Crippen LogP contribution is 2.30. The third kappa shape index (κ3) is 8.98. The second-order valence-corrected chi connectivity index (χ2v) is 9.41. The van der Waals surface area contributed by atoms with E-state index in [0.29, 0.717) is 42.4 Å². The zero-order chi connectivity index (χ0) is 23.6. The summed E-state index contributed by atoms with van der Waals surface area (Å²) in [6.07, 6.45) is 1.96. The van der Waals surface area contributed by atoms with Gasteiger partial charge in [0, 0.05) is 28.9 Å².